The number of hydrogen-bond donors (Lipinski definition) is 0. The van der Waals surface area contributed by atoms with Gasteiger partial charge in [-0.15, -0.1) is 22.7 Å². The van der Waals surface area contributed by atoms with E-state index < -0.39 is 0 Å². The Morgan fingerprint density at radius 2 is 1.11 bits per heavy atom. The summed E-state index contributed by atoms with van der Waals surface area (Å²) in [6.45, 7) is 4.40. The van der Waals surface area contributed by atoms with Crippen LogP contribution in [0.4, 0.5) is 0 Å². The average Bonchev–Trinajstić information content (AvgIpc) is 2.97. The van der Waals surface area contributed by atoms with Gasteiger partial charge in [0.15, 0.2) is 0 Å². The monoisotopic (exact) mass is 268 g/mol. The van der Waals surface area contributed by atoms with Crippen LogP contribution in [0.5, 0.6) is 0 Å². The first-order chi connectivity index (χ1) is 8.75. The first kappa shape index (κ1) is 10.5. The third-order valence-electron chi connectivity index (χ3n) is 3.75. The van der Waals surface area contributed by atoms with Gasteiger partial charge in [0.2, 0.25) is 0 Å². The van der Waals surface area contributed by atoms with Crippen LogP contribution in [-0.4, -0.2) is 0 Å². The lowest BCUT2D eigenvalue weighted by atomic mass is 9.98. The van der Waals surface area contributed by atoms with Gasteiger partial charge < -0.3 is 0 Å². The van der Waals surface area contributed by atoms with Gasteiger partial charge in [-0.25, -0.2) is 0 Å². The smallest absolute Gasteiger partial charge is 0.0527 e. The van der Waals surface area contributed by atoms with Crippen LogP contribution in [0.25, 0.3) is 30.9 Å². The molecule has 2 aromatic heterocycles. The quantitative estimate of drug-likeness (QED) is 0.373. The number of thiophene rings is 2. The van der Waals surface area contributed by atoms with E-state index >= 15 is 0 Å². The summed E-state index contributed by atoms with van der Waals surface area (Å²) < 4.78 is 2.88. The van der Waals surface area contributed by atoms with Crippen LogP contribution in [0.1, 0.15) is 11.1 Å². The zero-order valence-corrected chi connectivity index (χ0v) is 11.9. The molecule has 4 aromatic rings. The molecule has 2 heterocycles. The molecular formula is C16H12S2. The summed E-state index contributed by atoms with van der Waals surface area (Å²) >= 11 is 3.71. The Labute approximate surface area is 113 Å². The van der Waals surface area contributed by atoms with Gasteiger partial charge in [-0.05, 0) is 58.6 Å². The highest BCUT2D eigenvalue weighted by molar-refractivity contribution is 7.25. The predicted molar refractivity (Wildman–Crippen MR) is 84.2 cm³/mol. The minimum absolute atomic E-state index is 1.38. The molecule has 0 spiro atoms. The molecule has 4 rings (SSSR count). The van der Waals surface area contributed by atoms with Gasteiger partial charge in [0, 0.05) is 10.8 Å². The van der Waals surface area contributed by atoms with Gasteiger partial charge in [0.05, 0.1) is 9.40 Å². The van der Waals surface area contributed by atoms with Crippen molar-refractivity contribution in [3.05, 3.63) is 46.2 Å². The Balaban J connectivity index is 2.43. The van der Waals surface area contributed by atoms with Crippen LogP contribution in [0.2, 0.25) is 0 Å². The van der Waals surface area contributed by atoms with E-state index in [2.05, 4.69) is 48.9 Å². The van der Waals surface area contributed by atoms with Crippen molar-refractivity contribution in [2.45, 2.75) is 13.8 Å². The van der Waals surface area contributed by atoms with Gasteiger partial charge in [0.1, 0.15) is 0 Å². The summed E-state index contributed by atoms with van der Waals surface area (Å²) in [6, 6.07) is 9.21. The van der Waals surface area contributed by atoms with Gasteiger partial charge in [-0.2, -0.15) is 0 Å². The third kappa shape index (κ3) is 1.25. The summed E-state index contributed by atoms with van der Waals surface area (Å²) in [5.74, 6) is 0. The van der Waals surface area contributed by atoms with Crippen LogP contribution >= 0.6 is 22.7 Å². The normalized spacial score (nSPS) is 11.9. The van der Waals surface area contributed by atoms with Crippen LogP contribution in [0, 0.1) is 13.8 Å². The van der Waals surface area contributed by atoms with E-state index in [1.165, 1.54) is 42.1 Å². The summed E-state index contributed by atoms with van der Waals surface area (Å²) in [4.78, 5) is 0. The van der Waals surface area contributed by atoms with Gasteiger partial charge >= 0.3 is 0 Å². The molecular weight excluding hydrogens is 256 g/mol. The van der Waals surface area contributed by atoms with Crippen molar-refractivity contribution in [2.24, 2.45) is 0 Å². The molecule has 18 heavy (non-hydrogen) atoms. The lowest BCUT2D eigenvalue weighted by molar-refractivity contribution is 1.37. The fourth-order valence-electron chi connectivity index (χ4n) is 2.66. The Hall–Kier alpha value is -1.38. The zero-order valence-electron chi connectivity index (χ0n) is 10.3. The Kier molecular flexibility index (Phi) is 2.08. The molecule has 0 aliphatic rings. The van der Waals surface area contributed by atoms with Crippen molar-refractivity contribution in [1.82, 2.24) is 0 Å². The third-order valence-corrected chi connectivity index (χ3v) is 5.74. The fraction of sp³-hybridized carbons (Fsp3) is 0.125. The molecule has 88 valence electrons. The summed E-state index contributed by atoms with van der Waals surface area (Å²) in [6.07, 6.45) is 0. The van der Waals surface area contributed by atoms with E-state index in [4.69, 9.17) is 0 Å². The maximum atomic E-state index is 2.34. The molecule has 0 atom stereocenters. The molecule has 0 aliphatic heterocycles. The molecule has 0 nitrogen and oxygen atoms in total. The highest BCUT2D eigenvalue weighted by Crippen LogP contribution is 2.41. The summed E-state index contributed by atoms with van der Waals surface area (Å²) in [7, 11) is 0. The Bertz CT molecular complexity index is 819. The van der Waals surface area contributed by atoms with E-state index in [0.29, 0.717) is 0 Å². The molecule has 2 heteroatoms. The minimum atomic E-state index is 1.38. The predicted octanol–water partition coefficient (Wildman–Crippen LogP) is 5.89. The van der Waals surface area contributed by atoms with Crippen molar-refractivity contribution >= 4 is 53.6 Å². The molecule has 0 saturated carbocycles. The van der Waals surface area contributed by atoms with Gasteiger partial charge in [-0.1, -0.05) is 12.1 Å². The Morgan fingerprint density at radius 3 is 1.56 bits per heavy atom. The second-order valence-corrected chi connectivity index (χ2v) is 6.64. The topological polar surface area (TPSA) is 0 Å². The first-order valence-electron chi connectivity index (χ1n) is 6.03. The second-order valence-electron chi connectivity index (χ2n) is 4.81. The van der Waals surface area contributed by atoms with Crippen molar-refractivity contribution in [3.8, 4) is 0 Å². The largest absolute Gasteiger partial charge is 0.142 e. The van der Waals surface area contributed by atoms with Crippen molar-refractivity contribution in [1.29, 1.82) is 0 Å². The van der Waals surface area contributed by atoms with E-state index in [-0.39, 0.29) is 0 Å². The fourth-order valence-corrected chi connectivity index (χ4v) is 4.67. The second kappa shape index (κ2) is 3.56. The van der Waals surface area contributed by atoms with Crippen LogP contribution in [0.15, 0.2) is 35.0 Å². The number of aryl methyl sites for hydroxylation is 2. The standard InChI is InChI=1S/C16H12S2/c1-9-7-13-11-3-5-17-15(11)16-12(4-6-18-16)14(13)8-10(9)2/h3-8H,1-2H3. The molecule has 0 radical (unpaired) electrons. The number of fused-ring (bicyclic) bond motifs is 6. The molecule has 0 saturated heterocycles. The molecule has 2 aromatic carbocycles. The maximum absolute atomic E-state index is 2.34. The SMILES string of the molecule is Cc1cc2c(cc1C)c1ccsc1c1sccc21. The minimum Gasteiger partial charge on any atom is -0.142 e. The maximum Gasteiger partial charge on any atom is 0.0527 e. The van der Waals surface area contributed by atoms with Crippen LogP contribution in [-0.2, 0) is 0 Å². The molecule has 0 amide bonds. The molecule has 0 fully saturated rings. The molecule has 0 bridgehead atoms. The first-order valence-corrected chi connectivity index (χ1v) is 7.79. The van der Waals surface area contributed by atoms with E-state index in [1.807, 2.05) is 22.7 Å². The van der Waals surface area contributed by atoms with Crippen molar-refractivity contribution < 1.29 is 0 Å². The highest BCUT2D eigenvalue weighted by atomic mass is 32.1. The Morgan fingerprint density at radius 1 is 0.667 bits per heavy atom. The van der Waals surface area contributed by atoms with E-state index in [0.717, 1.165) is 0 Å². The average molecular weight is 268 g/mol. The van der Waals surface area contributed by atoms with Gasteiger partial charge in [-0.3, -0.25) is 0 Å². The molecule has 0 unspecified atom stereocenters. The van der Waals surface area contributed by atoms with Crippen molar-refractivity contribution in [2.75, 3.05) is 0 Å². The molecule has 0 N–H and O–H groups in total. The highest BCUT2D eigenvalue weighted by Gasteiger charge is 2.11. The lowest BCUT2D eigenvalue weighted by Gasteiger charge is -2.07. The van der Waals surface area contributed by atoms with Crippen LogP contribution in [0.3, 0.4) is 0 Å². The lowest BCUT2D eigenvalue weighted by Crippen LogP contribution is -1.83. The van der Waals surface area contributed by atoms with Crippen LogP contribution < -0.4 is 0 Å². The number of hydrogen-bond acceptors (Lipinski definition) is 2. The number of benzene rings is 2. The summed E-state index contributed by atoms with van der Waals surface area (Å²) in [5, 5.41) is 10.0. The molecule has 0 aliphatic carbocycles. The van der Waals surface area contributed by atoms with Gasteiger partial charge in [0.25, 0.3) is 0 Å². The zero-order chi connectivity index (χ0) is 12.3. The number of rotatable bonds is 0. The summed E-state index contributed by atoms with van der Waals surface area (Å²) in [5.41, 5.74) is 2.76. The van der Waals surface area contributed by atoms with Crippen molar-refractivity contribution in [3.63, 3.8) is 0 Å². The van der Waals surface area contributed by atoms with E-state index in [1.54, 1.807) is 0 Å². The van der Waals surface area contributed by atoms with E-state index in [9.17, 15) is 0 Å².